The van der Waals surface area contributed by atoms with E-state index in [2.05, 4.69) is 0 Å². The molecule has 0 radical (unpaired) electrons. The second kappa shape index (κ2) is 3.39. The SMILES string of the molecule is Cc1cccc(S(=O)(=O)C2CCC2)c1. The fourth-order valence-corrected chi connectivity index (χ4v) is 3.62. The van der Waals surface area contributed by atoms with Gasteiger partial charge in [-0.25, -0.2) is 8.42 Å². The Labute approximate surface area is 84.9 Å². The van der Waals surface area contributed by atoms with Gasteiger partial charge in [0.05, 0.1) is 10.1 Å². The normalized spacial score (nSPS) is 17.8. The van der Waals surface area contributed by atoms with E-state index >= 15 is 0 Å². The van der Waals surface area contributed by atoms with E-state index in [1.54, 1.807) is 18.2 Å². The Balaban J connectivity index is 2.38. The van der Waals surface area contributed by atoms with E-state index in [0.717, 1.165) is 24.8 Å². The second-order valence-electron chi connectivity index (χ2n) is 3.91. The molecule has 1 fully saturated rings. The van der Waals surface area contributed by atoms with Crippen LogP contribution in [0.1, 0.15) is 24.8 Å². The predicted octanol–water partition coefficient (Wildman–Crippen LogP) is 2.32. The monoisotopic (exact) mass is 210 g/mol. The van der Waals surface area contributed by atoms with E-state index in [1.807, 2.05) is 13.0 Å². The van der Waals surface area contributed by atoms with Crippen LogP contribution in [0.4, 0.5) is 0 Å². The van der Waals surface area contributed by atoms with Crippen molar-refractivity contribution >= 4 is 9.84 Å². The van der Waals surface area contributed by atoms with Crippen LogP contribution in [0.5, 0.6) is 0 Å². The number of aryl methyl sites for hydroxylation is 1. The molecular formula is C11H14O2S. The summed E-state index contributed by atoms with van der Waals surface area (Å²) in [6, 6.07) is 7.18. The van der Waals surface area contributed by atoms with Gasteiger partial charge in [0, 0.05) is 0 Å². The molecule has 76 valence electrons. The molecular weight excluding hydrogens is 196 g/mol. The average molecular weight is 210 g/mol. The van der Waals surface area contributed by atoms with Crippen LogP contribution in [0.3, 0.4) is 0 Å². The molecule has 2 rings (SSSR count). The van der Waals surface area contributed by atoms with Crippen molar-refractivity contribution < 1.29 is 8.42 Å². The number of rotatable bonds is 2. The van der Waals surface area contributed by atoms with Crippen LogP contribution in [-0.2, 0) is 9.84 Å². The molecule has 1 aliphatic carbocycles. The van der Waals surface area contributed by atoms with Gasteiger partial charge in [-0.05, 0) is 37.5 Å². The lowest BCUT2D eigenvalue weighted by molar-refractivity contribution is 0.476. The third-order valence-electron chi connectivity index (χ3n) is 2.81. The van der Waals surface area contributed by atoms with E-state index < -0.39 is 9.84 Å². The fourth-order valence-electron chi connectivity index (χ4n) is 1.67. The Bertz CT molecular complexity index is 430. The zero-order chi connectivity index (χ0) is 10.2. The Hall–Kier alpha value is -0.830. The Morgan fingerprint density at radius 3 is 2.50 bits per heavy atom. The maximum Gasteiger partial charge on any atom is 0.181 e. The first-order chi connectivity index (χ1) is 6.60. The van der Waals surface area contributed by atoms with E-state index in [9.17, 15) is 8.42 Å². The molecule has 1 aliphatic rings. The van der Waals surface area contributed by atoms with Gasteiger partial charge in [-0.2, -0.15) is 0 Å². The summed E-state index contributed by atoms with van der Waals surface area (Å²) in [4.78, 5) is 0.488. The van der Waals surface area contributed by atoms with Crippen molar-refractivity contribution in [3.63, 3.8) is 0 Å². The van der Waals surface area contributed by atoms with E-state index in [4.69, 9.17) is 0 Å². The molecule has 0 amide bonds. The molecule has 1 saturated carbocycles. The van der Waals surface area contributed by atoms with E-state index in [1.165, 1.54) is 0 Å². The molecule has 0 N–H and O–H groups in total. The quantitative estimate of drug-likeness (QED) is 0.750. The maximum atomic E-state index is 12.0. The van der Waals surface area contributed by atoms with Gasteiger partial charge in [-0.3, -0.25) is 0 Å². The molecule has 0 aromatic heterocycles. The minimum Gasteiger partial charge on any atom is -0.223 e. The van der Waals surface area contributed by atoms with E-state index in [-0.39, 0.29) is 5.25 Å². The molecule has 0 heterocycles. The van der Waals surface area contributed by atoms with Gasteiger partial charge in [0.1, 0.15) is 0 Å². The Morgan fingerprint density at radius 1 is 1.29 bits per heavy atom. The van der Waals surface area contributed by atoms with Crippen molar-refractivity contribution in [1.82, 2.24) is 0 Å². The largest absolute Gasteiger partial charge is 0.223 e. The standard InChI is InChI=1S/C11H14O2S/c1-9-4-2-7-11(8-9)14(12,13)10-5-3-6-10/h2,4,7-8,10H,3,5-6H2,1H3. The molecule has 0 unspecified atom stereocenters. The summed E-state index contributed by atoms with van der Waals surface area (Å²) in [6.45, 7) is 1.92. The molecule has 3 heteroatoms. The van der Waals surface area contributed by atoms with Crippen molar-refractivity contribution in [3.05, 3.63) is 29.8 Å². The van der Waals surface area contributed by atoms with Gasteiger partial charge in [-0.1, -0.05) is 18.6 Å². The summed E-state index contributed by atoms with van der Waals surface area (Å²) in [5.41, 5.74) is 1.00. The lowest BCUT2D eigenvalue weighted by Gasteiger charge is -2.25. The topological polar surface area (TPSA) is 34.1 Å². The van der Waals surface area contributed by atoms with Gasteiger partial charge < -0.3 is 0 Å². The Kier molecular flexibility index (Phi) is 2.35. The summed E-state index contributed by atoms with van der Waals surface area (Å²) in [7, 11) is -3.02. The highest BCUT2D eigenvalue weighted by Crippen LogP contribution is 2.31. The minimum absolute atomic E-state index is 0.121. The second-order valence-corrected chi connectivity index (χ2v) is 6.14. The lowest BCUT2D eigenvalue weighted by atomic mass is 10.00. The summed E-state index contributed by atoms with van der Waals surface area (Å²) < 4.78 is 23.9. The number of benzene rings is 1. The smallest absolute Gasteiger partial charge is 0.181 e. The Morgan fingerprint density at radius 2 is 2.00 bits per heavy atom. The molecule has 1 aromatic rings. The molecule has 0 bridgehead atoms. The van der Waals surface area contributed by atoms with Gasteiger partial charge in [0.25, 0.3) is 0 Å². The van der Waals surface area contributed by atoms with Crippen LogP contribution in [0.2, 0.25) is 0 Å². The van der Waals surface area contributed by atoms with Crippen molar-refractivity contribution in [2.24, 2.45) is 0 Å². The van der Waals surface area contributed by atoms with Crippen LogP contribution in [0, 0.1) is 6.92 Å². The molecule has 2 nitrogen and oxygen atoms in total. The fraction of sp³-hybridized carbons (Fsp3) is 0.455. The highest BCUT2D eigenvalue weighted by Gasteiger charge is 2.32. The molecule has 0 atom stereocenters. The van der Waals surface area contributed by atoms with Crippen molar-refractivity contribution in [1.29, 1.82) is 0 Å². The average Bonchev–Trinajstić information content (AvgIpc) is 2.00. The predicted molar refractivity (Wildman–Crippen MR) is 56.0 cm³/mol. The summed E-state index contributed by atoms with van der Waals surface area (Å²) in [5, 5.41) is -0.121. The van der Waals surface area contributed by atoms with Gasteiger partial charge in [0.2, 0.25) is 0 Å². The van der Waals surface area contributed by atoms with E-state index in [0.29, 0.717) is 4.90 Å². The van der Waals surface area contributed by atoms with Gasteiger partial charge >= 0.3 is 0 Å². The number of sulfone groups is 1. The third-order valence-corrected chi connectivity index (χ3v) is 5.07. The first-order valence-electron chi connectivity index (χ1n) is 4.91. The zero-order valence-electron chi connectivity index (χ0n) is 8.23. The first kappa shape index (κ1) is 9.71. The third kappa shape index (κ3) is 1.57. The van der Waals surface area contributed by atoms with Crippen LogP contribution >= 0.6 is 0 Å². The van der Waals surface area contributed by atoms with Crippen molar-refractivity contribution in [3.8, 4) is 0 Å². The highest BCUT2D eigenvalue weighted by molar-refractivity contribution is 7.92. The van der Waals surface area contributed by atoms with Crippen molar-refractivity contribution in [2.75, 3.05) is 0 Å². The molecule has 14 heavy (non-hydrogen) atoms. The number of hydrogen-bond donors (Lipinski definition) is 0. The number of hydrogen-bond acceptors (Lipinski definition) is 2. The van der Waals surface area contributed by atoms with Crippen LogP contribution in [0.25, 0.3) is 0 Å². The summed E-state index contributed by atoms with van der Waals surface area (Å²) in [6.07, 6.45) is 2.71. The lowest BCUT2D eigenvalue weighted by Crippen LogP contribution is -2.28. The molecule has 0 saturated heterocycles. The van der Waals surface area contributed by atoms with Crippen LogP contribution < -0.4 is 0 Å². The molecule has 1 aromatic carbocycles. The highest BCUT2D eigenvalue weighted by atomic mass is 32.2. The van der Waals surface area contributed by atoms with Gasteiger partial charge in [0.15, 0.2) is 9.84 Å². The van der Waals surface area contributed by atoms with Gasteiger partial charge in [-0.15, -0.1) is 0 Å². The maximum absolute atomic E-state index is 12.0. The minimum atomic E-state index is -3.02. The molecule has 0 spiro atoms. The van der Waals surface area contributed by atoms with Crippen LogP contribution in [0.15, 0.2) is 29.2 Å². The summed E-state index contributed by atoms with van der Waals surface area (Å²) >= 11 is 0. The van der Waals surface area contributed by atoms with Crippen molar-refractivity contribution in [2.45, 2.75) is 36.3 Å². The van der Waals surface area contributed by atoms with Crippen LogP contribution in [-0.4, -0.2) is 13.7 Å². The zero-order valence-corrected chi connectivity index (χ0v) is 9.05. The summed E-state index contributed by atoms with van der Waals surface area (Å²) in [5.74, 6) is 0. The molecule has 0 aliphatic heterocycles. The first-order valence-corrected chi connectivity index (χ1v) is 6.46.